The summed E-state index contributed by atoms with van der Waals surface area (Å²) < 4.78 is 28.9. The Morgan fingerprint density at radius 1 is 1.21 bits per heavy atom. The van der Waals surface area contributed by atoms with E-state index in [0.717, 1.165) is 10.6 Å². The number of aromatic amines is 1. The van der Waals surface area contributed by atoms with Gasteiger partial charge in [-0.25, -0.2) is 14.2 Å². The predicted molar refractivity (Wildman–Crippen MR) is 153 cm³/mol. The van der Waals surface area contributed by atoms with E-state index in [4.69, 9.17) is 9.47 Å². The van der Waals surface area contributed by atoms with Crippen LogP contribution in [0.4, 0.5) is 15.9 Å². The van der Waals surface area contributed by atoms with Crippen LogP contribution in [0.3, 0.4) is 0 Å². The van der Waals surface area contributed by atoms with Crippen LogP contribution in [-0.2, 0) is 4.74 Å². The first-order chi connectivity index (χ1) is 20.2. The van der Waals surface area contributed by atoms with Crippen LogP contribution in [0.1, 0.15) is 56.1 Å². The smallest absolute Gasteiger partial charge is 0.331 e. The highest BCUT2D eigenvalue weighted by molar-refractivity contribution is 6.03. The fourth-order valence-electron chi connectivity index (χ4n) is 4.75. The molecule has 5 rings (SSSR count). The van der Waals surface area contributed by atoms with Crippen molar-refractivity contribution in [1.29, 1.82) is 0 Å². The molecule has 0 spiro atoms. The lowest BCUT2D eigenvalue weighted by Gasteiger charge is -2.25. The molecule has 1 fully saturated rings. The summed E-state index contributed by atoms with van der Waals surface area (Å²) >= 11 is 0. The summed E-state index contributed by atoms with van der Waals surface area (Å²) in [7, 11) is 0. The molecule has 1 aromatic carbocycles. The summed E-state index contributed by atoms with van der Waals surface area (Å²) in [6.07, 6.45) is 3.68. The topological polar surface area (TPSA) is 165 Å². The van der Waals surface area contributed by atoms with Gasteiger partial charge in [-0.3, -0.25) is 23.8 Å². The Hall–Kier alpha value is -4.56. The van der Waals surface area contributed by atoms with Crippen LogP contribution < -0.4 is 26.6 Å². The number of anilines is 2. The lowest BCUT2D eigenvalue weighted by molar-refractivity contribution is 0.0667. The number of benzene rings is 1. The number of H-pyrrole nitrogens is 1. The van der Waals surface area contributed by atoms with Gasteiger partial charge in [0.15, 0.2) is 23.0 Å². The van der Waals surface area contributed by atoms with Crippen LogP contribution in [0.25, 0.3) is 11.0 Å². The Labute approximate surface area is 239 Å². The molecule has 1 atom stereocenters. The molecular formula is C28H32FN7O6. The maximum atomic E-state index is 15.2. The number of halogens is 1. The van der Waals surface area contributed by atoms with Crippen molar-refractivity contribution < 1.29 is 23.8 Å². The van der Waals surface area contributed by atoms with Gasteiger partial charge in [-0.05, 0) is 45.7 Å². The molecule has 0 radical (unpaired) electrons. The molecule has 4 N–H and O–H groups in total. The number of nitrogens with one attached hydrogen (secondary N) is 3. The SMILES string of the molecule is CC(CO)Nc1n[nH]c2nccc(Oc3ccc(NC(=O)c4cn(C(C)C)c(=O)n(C5CCOCC5)c4=O)cc3F)c12. The molecule has 14 heteroatoms. The summed E-state index contributed by atoms with van der Waals surface area (Å²) in [4.78, 5) is 43.9. The third-order valence-electron chi connectivity index (χ3n) is 6.99. The maximum absolute atomic E-state index is 15.2. The van der Waals surface area contributed by atoms with Crippen LogP contribution in [0.15, 0.2) is 46.2 Å². The van der Waals surface area contributed by atoms with Gasteiger partial charge in [-0.2, -0.15) is 5.10 Å². The molecule has 1 saturated heterocycles. The highest BCUT2D eigenvalue weighted by Gasteiger charge is 2.25. The Bertz CT molecular complexity index is 1720. The van der Waals surface area contributed by atoms with E-state index in [2.05, 4.69) is 25.8 Å². The van der Waals surface area contributed by atoms with Gasteiger partial charge in [0.05, 0.1) is 6.61 Å². The molecule has 42 heavy (non-hydrogen) atoms. The molecule has 4 heterocycles. The number of pyridine rings is 1. The standard InChI is InChI=1S/C28H32FN7O6/c1-15(2)35-13-19(27(39)36(28(35)40)18-7-10-41-11-8-18)26(38)32-17-4-5-21(20(29)12-17)42-22-6-9-30-24-23(22)25(34-33-24)31-16(3)14-37/h4-6,9,12-13,15-16,18,37H,7-8,10-11,14H2,1-3H3,(H,32,38)(H2,30,31,33,34). The van der Waals surface area contributed by atoms with E-state index >= 15 is 4.39 Å². The van der Waals surface area contributed by atoms with E-state index in [1.807, 2.05) is 0 Å². The van der Waals surface area contributed by atoms with E-state index in [1.165, 1.54) is 29.1 Å². The number of rotatable bonds is 9. The van der Waals surface area contributed by atoms with Crippen molar-refractivity contribution in [3.05, 3.63) is 68.9 Å². The van der Waals surface area contributed by atoms with Crippen LogP contribution in [0.2, 0.25) is 0 Å². The lowest BCUT2D eigenvalue weighted by Crippen LogP contribution is -2.46. The van der Waals surface area contributed by atoms with Crippen molar-refractivity contribution in [2.45, 2.75) is 51.7 Å². The van der Waals surface area contributed by atoms with Crippen molar-refractivity contribution in [1.82, 2.24) is 24.3 Å². The van der Waals surface area contributed by atoms with Crippen molar-refractivity contribution in [3.8, 4) is 11.5 Å². The van der Waals surface area contributed by atoms with Crippen LogP contribution in [0.5, 0.6) is 11.5 Å². The lowest BCUT2D eigenvalue weighted by atomic mass is 10.1. The number of aromatic nitrogens is 5. The Morgan fingerprint density at radius 3 is 2.67 bits per heavy atom. The third-order valence-corrected chi connectivity index (χ3v) is 6.99. The highest BCUT2D eigenvalue weighted by atomic mass is 19.1. The van der Waals surface area contributed by atoms with E-state index < -0.39 is 23.0 Å². The van der Waals surface area contributed by atoms with Crippen molar-refractivity contribution >= 4 is 28.4 Å². The fourth-order valence-corrected chi connectivity index (χ4v) is 4.75. The van der Waals surface area contributed by atoms with E-state index in [-0.39, 0.29) is 47.5 Å². The quantitative estimate of drug-likeness (QED) is 0.232. The molecule has 0 saturated carbocycles. The first-order valence-electron chi connectivity index (χ1n) is 13.6. The number of aliphatic hydroxyl groups is 1. The number of fused-ring (bicyclic) bond motifs is 1. The number of hydrogen-bond acceptors (Lipinski definition) is 9. The molecule has 4 aromatic rings. The number of aliphatic hydroxyl groups excluding tert-OH is 1. The average Bonchev–Trinajstić information content (AvgIpc) is 3.38. The molecule has 1 amide bonds. The van der Waals surface area contributed by atoms with Gasteiger partial charge < -0.3 is 25.2 Å². The molecular weight excluding hydrogens is 549 g/mol. The summed E-state index contributed by atoms with van der Waals surface area (Å²) in [6, 6.07) is 4.41. The molecule has 1 aliphatic rings. The second kappa shape index (κ2) is 12.1. The van der Waals surface area contributed by atoms with E-state index in [0.29, 0.717) is 42.9 Å². The number of nitrogens with zero attached hydrogens (tertiary/aromatic N) is 4. The van der Waals surface area contributed by atoms with Gasteiger partial charge in [0.2, 0.25) is 0 Å². The van der Waals surface area contributed by atoms with Gasteiger partial charge in [-0.15, -0.1) is 0 Å². The number of carbonyl (C=O) groups is 1. The summed E-state index contributed by atoms with van der Waals surface area (Å²) in [6.45, 7) is 6.02. The molecule has 1 aliphatic heterocycles. The van der Waals surface area contributed by atoms with Gasteiger partial charge >= 0.3 is 5.69 Å². The normalized spacial score (nSPS) is 14.7. The zero-order valence-electron chi connectivity index (χ0n) is 23.4. The fraction of sp³-hybridized carbons (Fsp3) is 0.393. The Morgan fingerprint density at radius 2 is 1.98 bits per heavy atom. The zero-order valence-corrected chi connectivity index (χ0v) is 23.4. The van der Waals surface area contributed by atoms with Crippen LogP contribution >= 0.6 is 0 Å². The number of amides is 1. The zero-order chi connectivity index (χ0) is 30.0. The number of carbonyl (C=O) groups excluding carboxylic acids is 1. The molecule has 222 valence electrons. The monoisotopic (exact) mass is 581 g/mol. The van der Waals surface area contributed by atoms with Crippen LogP contribution in [-0.4, -0.2) is 61.2 Å². The largest absolute Gasteiger partial charge is 0.453 e. The number of ether oxygens (including phenoxy) is 2. The predicted octanol–water partition coefficient (Wildman–Crippen LogP) is 3.19. The Kier molecular flexibility index (Phi) is 8.36. The van der Waals surface area contributed by atoms with Crippen molar-refractivity contribution in [2.75, 3.05) is 30.5 Å². The second-order valence-electron chi connectivity index (χ2n) is 10.4. The minimum absolute atomic E-state index is 0.0893. The molecule has 13 nitrogen and oxygen atoms in total. The third kappa shape index (κ3) is 5.76. The minimum atomic E-state index is -0.772. The van der Waals surface area contributed by atoms with E-state index in [9.17, 15) is 19.5 Å². The Balaban J connectivity index is 1.41. The summed E-state index contributed by atoms with van der Waals surface area (Å²) in [5, 5.41) is 22.4. The first kappa shape index (κ1) is 29.0. The van der Waals surface area contributed by atoms with Gasteiger partial charge in [0.1, 0.15) is 16.7 Å². The number of hydrogen-bond donors (Lipinski definition) is 4. The minimum Gasteiger partial charge on any atom is -0.453 e. The summed E-state index contributed by atoms with van der Waals surface area (Å²) in [5.41, 5.74) is -0.932. The van der Waals surface area contributed by atoms with Gasteiger partial charge in [0, 0.05) is 61.6 Å². The van der Waals surface area contributed by atoms with Gasteiger partial charge in [-0.1, -0.05) is 0 Å². The second-order valence-corrected chi connectivity index (χ2v) is 10.4. The maximum Gasteiger partial charge on any atom is 0.331 e. The van der Waals surface area contributed by atoms with Crippen LogP contribution in [0, 0.1) is 5.82 Å². The van der Waals surface area contributed by atoms with E-state index in [1.54, 1.807) is 26.8 Å². The first-order valence-corrected chi connectivity index (χ1v) is 13.6. The van der Waals surface area contributed by atoms with Gasteiger partial charge in [0.25, 0.3) is 11.5 Å². The molecule has 1 unspecified atom stereocenters. The molecule has 3 aromatic heterocycles. The highest BCUT2D eigenvalue weighted by Crippen LogP contribution is 2.34. The van der Waals surface area contributed by atoms with Crippen molar-refractivity contribution in [2.24, 2.45) is 0 Å². The molecule has 0 aliphatic carbocycles. The molecule has 0 bridgehead atoms. The average molecular weight is 582 g/mol. The van der Waals surface area contributed by atoms with Crippen molar-refractivity contribution in [3.63, 3.8) is 0 Å². The summed E-state index contributed by atoms with van der Waals surface area (Å²) in [5.74, 6) is -1.02.